The average Bonchev–Trinajstić information content (AvgIpc) is 3.54. The minimum atomic E-state index is -0.00602. The fourth-order valence-corrected chi connectivity index (χ4v) is 5.98. The van der Waals surface area contributed by atoms with Gasteiger partial charge in [0.15, 0.2) is 5.84 Å². The van der Waals surface area contributed by atoms with E-state index in [-0.39, 0.29) is 11.9 Å². The summed E-state index contributed by atoms with van der Waals surface area (Å²) >= 11 is 0. The molecule has 1 atom stereocenters. The molecular formula is C28H31N5O2. The van der Waals surface area contributed by atoms with E-state index in [1.54, 1.807) is 6.26 Å². The maximum atomic E-state index is 13.6. The van der Waals surface area contributed by atoms with E-state index in [1.165, 1.54) is 29.3 Å². The molecule has 0 spiro atoms. The van der Waals surface area contributed by atoms with Crippen LogP contribution in [0.25, 0.3) is 10.9 Å². The molecule has 1 saturated carbocycles. The molecule has 2 aromatic rings. The lowest BCUT2D eigenvalue weighted by Crippen LogP contribution is -2.46. The largest absolute Gasteiger partial charge is 0.496 e. The molecule has 0 unspecified atom stereocenters. The van der Waals surface area contributed by atoms with E-state index in [0.717, 1.165) is 67.6 Å². The number of fused-ring (bicyclic) bond motifs is 1. The van der Waals surface area contributed by atoms with Crippen molar-refractivity contribution in [2.24, 2.45) is 16.6 Å². The summed E-state index contributed by atoms with van der Waals surface area (Å²) < 4.78 is 8.37. The number of carbonyl (C=O) groups excluding carboxylic acids is 1. The summed E-state index contributed by atoms with van der Waals surface area (Å²) in [5.41, 5.74) is 12.4. The van der Waals surface area contributed by atoms with Crippen LogP contribution in [0.4, 0.5) is 0 Å². The number of benzene rings is 1. The Morgan fingerprint density at radius 1 is 1.17 bits per heavy atom. The highest BCUT2D eigenvalue weighted by molar-refractivity contribution is 6.06. The number of amides is 1. The summed E-state index contributed by atoms with van der Waals surface area (Å²) in [7, 11) is 0. The first-order valence-corrected chi connectivity index (χ1v) is 12.9. The third-order valence-corrected chi connectivity index (χ3v) is 7.97. The summed E-state index contributed by atoms with van der Waals surface area (Å²) in [4.78, 5) is 22.8. The van der Waals surface area contributed by atoms with Gasteiger partial charge in [-0.2, -0.15) is 0 Å². The number of allylic oxidation sites excluding steroid dienone is 1. The fraction of sp³-hybridized carbons (Fsp3) is 0.429. The second kappa shape index (κ2) is 8.12. The van der Waals surface area contributed by atoms with Crippen molar-refractivity contribution in [3.05, 3.63) is 70.9 Å². The predicted octanol–water partition coefficient (Wildman–Crippen LogP) is 3.52. The number of ether oxygens (including phenoxy) is 1. The van der Waals surface area contributed by atoms with E-state index >= 15 is 0 Å². The normalized spacial score (nSPS) is 24.0. The number of carbonyl (C=O) groups is 1. The molecule has 35 heavy (non-hydrogen) atoms. The molecule has 1 aromatic heterocycles. The number of likely N-dealkylation sites (tertiary alicyclic amines) is 1. The number of piperidine rings is 1. The molecule has 0 radical (unpaired) electrons. The van der Waals surface area contributed by atoms with E-state index in [4.69, 9.17) is 15.5 Å². The number of nitrogens with two attached hydrogens (primary N) is 1. The lowest BCUT2D eigenvalue weighted by molar-refractivity contribution is -0.128. The van der Waals surface area contributed by atoms with Crippen molar-refractivity contribution in [1.29, 1.82) is 0 Å². The van der Waals surface area contributed by atoms with E-state index in [2.05, 4.69) is 39.8 Å². The van der Waals surface area contributed by atoms with E-state index in [0.29, 0.717) is 18.7 Å². The van der Waals surface area contributed by atoms with Gasteiger partial charge >= 0.3 is 0 Å². The van der Waals surface area contributed by atoms with Crippen molar-refractivity contribution < 1.29 is 9.53 Å². The molecule has 1 saturated heterocycles. The Morgan fingerprint density at radius 3 is 2.91 bits per heavy atom. The first kappa shape index (κ1) is 21.0. The highest BCUT2D eigenvalue weighted by Crippen LogP contribution is 2.40. The van der Waals surface area contributed by atoms with Crippen molar-refractivity contribution in [3.63, 3.8) is 0 Å². The zero-order chi connectivity index (χ0) is 23.5. The van der Waals surface area contributed by atoms with Crippen molar-refractivity contribution in [2.75, 3.05) is 26.2 Å². The van der Waals surface area contributed by atoms with Gasteiger partial charge in [-0.25, -0.2) is 4.99 Å². The van der Waals surface area contributed by atoms with Gasteiger partial charge in [0.2, 0.25) is 0 Å². The van der Waals surface area contributed by atoms with E-state index < -0.39 is 0 Å². The van der Waals surface area contributed by atoms with Gasteiger partial charge in [-0.05, 0) is 55.7 Å². The number of rotatable bonds is 4. The van der Waals surface area contributed by atoms with E-state index in [1.807, 2.05) is 11.1 Å². The van der Waals surface area contributed by atoms with Gasteiger partial charge < -0.3 is 24.8 Å². The Morgan fingerprint density at radius 2 is 2.06 bits per heavy atom. The predicted molar refractivity (Wildman–Crippen MR) is 135 cm³/mol. The molecule has 180 valence electrons. The van der Waals surface area contributed by atoms with Gasteiger partial charge in [-0.15, -0.1) is 0 Å². The van der Waals surface area contributed by atoms with Gasteiger partial charge in [0.25, 0.3) is 5.91 Å². The van der Waals surface area contributed by atoms with Gasteiger partial charge in [0.1, 0.15) is 6.61 Å². The third kappa shape index (κ3) is 3.52. The Balaban J connectivity index is 1.31. The molecule has 7 rings (SSSR count). The maximum Gasteiger partial charge on any atom is 0.257 e. The van der Waals surface area contributed by atoms with Crippen LogP contribution in [-0.4, -0.2) is 58.4 Å². The highest BCUT2D eigenvalue weighted by atomic mass is 16.5. The Bertz CT molecular complexity index is 1340. The summed E-state index contributed by atoms with van der Waals surface area (Å²) in [6.07, 6.45) is 8.97. The third-order valence-electron chi connectivity index (χ3n) is 7.97. The lowest BCUT2D eigenvalue weighted by Gasteiger charge is -2.33. The zero-order valence-corrected chi connectivity index (χ0v) is 19.9. The standard InChI is InChI=1S/C28H31N5O2/c29-21-5-3-10-31(15-21)28(34)23-17-35-16-20-9-11-32-26(20)22(23)13-30-27(32)25-12-19-4-1-2-6-24(19)33(25)14-18-7-8-18/h1-2,4,6,12-13,17-18,21H,3,5,7-11,14-16,29H2/t21-/m1/s1. The quantitative estimate of drug-likeness (QED) is 0.744. The molecule has 4 aliphatic heterocycles. The molecule has 2 fully saturated rings. The Labute approximate surface area is 205 Å². The van der Waals surface area contributed by atoms with Crippen LogP contribution < -0.4 is 5.73 Å². The smallest absolute Gasteiger partial charge is 0.257 e. The van der Waals surface area contributed by atoms with Crippen LogP contribution in [0.2, 0.25) is 0 Å². The van der Waals surface area contributed by atoms with E-state index in [9.17, 15) is 4.79 Å². The second-order valence-corrected chi connectivity index (χ2v) is 10.5. The first-order chi connectivity index (χ1) is 17.2. The van der Waals surface area contributed by atoms with Crippen molar-refractivity contribution in [3.8, 4) is 0 Å². The van der Waals surface area contributed by atoms with Gasteiger partial charge in [0, 0.05) is 54.9 Å². The molecular weight excluding hydrogens is 438 g/mol. The minimum absolute atomic E-state index is 0.00602. The summed E-state index contributed by atoms with van der Waals surface area (Å²) in [5, 5.41) is 1.25. The highest BCUT2D eigenvalue weighted by Gasteiger charge is 2.39. The fourth-order valence-electron chi connectivity index (χ4n) is 5.98. The number of aromatic nitrogens is 1. The summed E-state index contributed by atoms with van der Waals surface area (Å²) in [6.45, 7) is 3.72. The molecule has 7 nitrogen and oxygen atoms in total. The average molecular weight is 470 g/mol. The number of aliphatic imine (C=N–C) groups is 1. The first-order valence-electron chi connectivity index (χ1n) is 12.9. The van der Waals surface area contributed by atoms with Gasteiger partial charge in [0.05, 0.1) is 23.2 Å². The molecule has 1 amide bonds. The topological polar surface area (TPSA) is 76.1 Å². The SMILES string of the molecule is N[C@@H]1CCCN(C(=O)C2=COCC3=C4C2=CN=C(c2cc5ccccc5n2CC2CC2)N4CC3)C1. The van der Waals surface area contributed by atoms with Crippen molar-refractivity contribution >= 4 is 22.6 Å². The maximum absolute atomic E-state index is 13.6. The molecule has 2 N–H and O–H groups in total. The molecule has 1 aromatic carbocycles. The Kier molecular flexibility index (Phi) is 4.87. The molecule has 5 heterocycles. The monoisotopic (exact) mass is 469 g/mol. The summed E-state index contributed by atoms with van der Waals surface area (Å²) in [6, 6.07) is 10.9. The number of para-hydroxylation sites is 1. The van der Waals surface area contributed by atoms with Crippen molar-refractivity contribution in [2.45, 2.75) is 44.7 Å². The lowest BCUT2D eigenvalue weighted by atomic mass is 9.98. The van der Waals surface area contributed by atoms with Gasteiger partial charge in [-0.3, -0.25) is 4.79 Å². The Hall–Kier alpha value is -3.32. The van der Waals surface area contributed by atoms with Crippen LogP contribution in [-0.2, 0) is 16.1 Å². The van der Waals surface area contributed by atoms with Crippen LogP contribution in [0.1, 0.15) is 37.8 Å². The zero-order valence-electron chi connectivity index (χ0n) is 19.9. The van der Waals surface area contributed by atoms with Crippen LogP contribution >= 0.6 is 0 Å². The molecule has 5 aliphatic rings. The van der Waals surface area contributed by atoms with Crippen LogP contribution in [0.15, 0.2) is 70.2 Å². The van der Waals surface area contributed by atoms with Crippen LogP contribution in [0.3, 0.4) is 0 Å². The molecule has 1 aliphatic carbocycles. The van der Waals surface area contributed by atoms with Crippen LogP contribution in [0.5, 0.6) is 0 Å². The molecule has 7 heteroatoms. The molecule has 0 bridgehead atoms. The van der Waals surface area contributed by atoms with Gasteiger partial charge in [-0.1, -0.05) is 18.2 Å². The van der Waals surface area contributed by atoms with Crippen LogP contribution in [0, 0.1) is 5.92 Å². The minimum Gasteiger partial charge on any atom is -0.496 e. The number of nitrogens with zero attached hydrogens (tertiary/aromatic N) is 4. The number of hydrogen-bond acceptors (Lipinski definition) is 5. The number of hydrogen-bond donors (Lipinski definition) is 1. The number of amidine groups is 1. The second-order valence-electron chi connectivity index (χ2n) is 10.5. The van der Waals surface area contributed by atoms with Crippen molar-refractivity contribution in [1.82, 2.24) is 14.4 Å². The summed E-state index contributed by atoms with van der Waals surface area (Å²) in [5.74, 6) is 1.72.